The van der Waals surface area contributed by atoms with Gasteiger partial charge in [-0.3, -0.25) is 19.7 Å². The van der Waals surface area contributed by atoms with Crippen LogP contribution in [-0.4, -0.2) is 33.8 Å². The van der Waals surface area contributed by atoms with Gasteiger partial charge < -0.3 is 15.8 Å². The van der Waals surface area contributed by atoms with Gasteiger partial charge in [-0.05, 0) is 37.4 Å². The lowest BCUT2D eigenvalue weighted by Crippen LogP contribution is -2.30. The van der Waals surface area contributed by atoms with E-state index in [2.05, 4.69) is 10.3 Å². The fourth-order valence-corrected chi connectivity index (χ4v) is 5.12. The third-order valence-corrected chi connectivity index (χ3v) is 6.96. The molecule has 1 aromatic carbocycles. The lowest BCUT2D eigenvalue weighted by molar-refractivity contribution is -0.387. The minimum atomic E-state index is -1.23. The Morgan fingerprint density at radius 1 is 1.28 bits per heavy atom. The average molecular weight is 493 g/mol. The number of thiazole rings is 1. The topological polar surface area (TPSA) is 155 Å². The van der Waals surface area contributed by atoms with E-state index in [1.807, 2.05) is 12.3 Å². The lowest BCUT2D eigenvalue weighted by atomic mass is 10.2. The van der Waals surface area contributed by atoms with E-state index in [1.54, 1.807) is 5.38 Å². The van der Waals surface area contributed by atoms with Crippen LogP contribution in [0.4, 0.5) is 10.7 Å². The van der Waals surface area contributed by atoms with Crippen LogP contribution in [0, 0.1) is 17.0 Å². The largest absolute Gasteiger partial charge is 0.449 e. The highest BCUT2D eigenvalue weighted by Crippen LogP contribution is 2.37. The van der Waals surface area contributed by atoms with Crippen LogP contribution in [0.25, 0.3) is 0 Å². The molecule has 3 N–H and O–H groups in total. The Morgan fingerprint density at radius 2 is 2.03 bits per heavy atom. The van der Waals surface area contributed by atoms with E-state index < -0.39 is 28.8 Å². The molecule has 166 valence electrons. The molecule has 0 spiro atoms. The summed E-state index contributed by atoms with van der Waals surface area (Å²) in [5, 5.41) is 17.6. The molecule has 0 bridgehead atoms. The highest BCUT2D eigenvalue weighted by atomic mass is 32.2. The van der Waals surface area contributed by atoms with Gasteiger partial charge in [0, 0.05) is 17.1 Å². The Hall–Kier alpha value is -3.29. The highest BCUT2D eigenvalue weighted by molar-refractivity contribution is 8.01. The number of nitro groups is 1. The Balaban J connectivity index is 1.71. The monoisotopic (exact) mass is 492 g/mol. The number of primary amides is 1. The lowest BCUT2D eigenvalue weighted by Gasteiger charge is -2.13. The van der Waals surface area contributed by atoms with Gasteiger partial charge >= 0.3 is 5.97 Å². The molecule has 0 aliphatic carbocycles. The molecule has 0 saturated heterocycles. The van der Waals surface area contributed by atoms with Gasteiger partial charge in [-0.2, -0.15) is 0 Å². The number of nitrogens with two attached hydrogens (primary N) is 1. The molecule has 2 heterocycles. The molecule has 13 heteroatoms. The van der Waals surface area contributed by atoms with Crippen molar-refractivity contribution in [2.45, 2.75) is 29.2 Å². The van der Waals surface area contributed by atoms with Gasteiger partial charge in [0.2, 0.25) is 0 Å². The van der Waals surface area contributed by atoms with Crippen molar-refractivity contribution in [3.05, 3.63) is 62.0 Å². The van der Waals surface area contributed by atoms with Crippen molar-refractivity contribution >= 4 is 62.9 Å². The number of nitrogens with one attached hydrogen (secondary N) is 1. The third kappa shape index (κ3) is 5.49. The fraction of sp³-hybridized carbons (Fsp3) is 0.158. The van der Waals surface area contributed by atoms with E-state index in [0.29, 0.717) is 9.24 Å². The summed E-state index contributed by atoms with van der Waals surface area (Å²) in [6.45, 7) is 3.16. The molecule has 0 aliphatic heterocycles. The zero-order valence-corrected chi connectivity index (χ0v) is 19.1. The number of hydrogen-bond donors (Lipinski definition) is 2. The number of carbonyl (C=O) groups excluding carboxylic acids is 3. The summed E-state index contributed by atoms with van der Waals surface area (Å²) in [6, 6.07) is 5.38. The highest BCUT2D eigenvalue weighted by Gasteiger charge is 2.24. The number of aryl methyl sites for hydroxylation is 1. The van der Waals surface area contributed by atoms with Crippen LogP contribution in [0.1, 0.15) is 33.3 Å². The second-order valence-corrected chi connectivity index (χ2v) is 9.42. The van der Waals surface area contributed by atoms with E-state index in [-0.39, 0.29) is 21.8 Å². The van der Waals surface area contributed by atoms with E-state index in [1.165, 1.54) is 36.5 Å². The number of aromatic nitrogens is 1. The maximum atomic E-state index is 12.5. The van der Waals surface area contributed by atoms with E-state index in [9.17, 15) is 24.5 Å². The molecule has 0 fully saturated rings. The zero-order chi connectivity index (χ0) is 23.4. The van der Waals surface area contributed by atoms with E-state index in [4.69, 9.17) is 10.5 Å². The molecule has 1 unspecified atom stereocenters. The second-order valence-electron chi connectivity index (χ2n) is 6.36. The third-order valence-electron chi connectivity index (χ3n) is 4.01. The summed E-state index contributed by atoms with van der Waals surface area (Å²) >= 11 is 3.57. The standard InChI is InChI=1S/C19H16N4O6S3/c1-9-8-31-19(21-9)32-14-4-3-11(7-13(14)23(27)28)18(26)29-10(2)16(25)22-17-12(15(20)24)5-6-30-17/h3-8,10H,1-2H3,(H2,20,24)(H,22,25). The molecule has 3 rings (SSSR count). The predicted molar refractivity (Wildman–Crippen MR) is 120 cm³/mol. The molecule has 1 atom stereocenters. The predicted octanol–water partition coefficient (Wildman–Crippen LogP) is 3.86. The maximum Gasteiger partial charge on any atom is 0.339 e. The number of nitro benzene ring substituents is 1. The summed E-state index contributed by atoms with van der Waals surface area (Å²) in [7, 11) is 0. The van der Waals surface area contributed by atoms with E-state index in [0.717, 1.165) is 34.9 Å². The number of hydrogen-bond acceptors (Lipinski definition) is 10. The van der Waals surface area contributed by atoms with Crippen molar-refractivity contribution in [2.24, 2.45) is 5.73 Å². The quantitative estimate of drug-likeness (QED) is 0.273. The van der Waals surface area contributed by atoms with E-state index >= 15 is 0 Å². The minimum absolute atomic E-state index is 0.0787. The smallest absolute Gasteiger partial charge is 0.339 e. The summed E-state index contributed by atoms with van der Waals surface area (Å²) < 4.78 is 5.78. The van der Waals surface area contributed by atoms with Gasteiger partial charge in [0.15, 0.2) is 10.4 Å². The number of anilines is 1. The van der Waals surface area contributed by atoms with Gasteiger partial charge in [-0.1, -0.05) is 11.8 Å². The average Bonchev–Trinajstić information content (AvgIpc) is 3.36. The normalized spacial score (nSPS) is 11.6. The molecule has 32 heavy (non-hydrogen) atoms. The number of rotatable bonds is 8. The molecule has 10 nitrogen and oxygen atoms in total. The first-order chi connectivity index (χ1) is 15.2. The summed E-state index contributed by atoms with van der Waals surface area (Å²) in [4.78, 5) is 51.7. The van der Waals surface area contributed by atoms with Crippen LogP contribution in [-0.2, 0) is 9.53 Å². The van der Waals surface area contributed by atoms with Crippen LogP contribution in [0.15, 0.2) is 44.3 Å². The first-order valence-electron chi connectivity index (χ1n) is 8.93. The van der Waals surface area contributed by atoms with Crippen molar-refractivity contribution in [1.29, 1.82) is 0 Å². The van der Waals surface area contributed by atoms with Gasteiger partial charge in [-0.25, -0.2) is 9.78 Å². The second kappa shape index (κ2) is 9.89. The van der Waals surface area contributed by atoms with Crippen LogP contribution >= 0.6 is 34.4 Å². The number of ether oxygens (including phenoxy) is 1. The Bertz CT molecular complexity index is 1210. The number of esters is 1. The Kier molecular flexibility index (Phi) is 7.22. The van der Waals surface area contributed by atoms with Crippen LogP contribution < -0.4 is 11.1 Å². The number of amides is 2. The number of nitrogens with zero attached hydrogens (tertiary/aromatic N) is 2. The minimum Gasteiger partial charge on any atom is -0.449 e. The van der Waals surface area contributed by atoms with Gasteiger partial charge in [0.25, 0.3) is 17.5 Å². The van der Waals surface area contributed by atoms with Crippen molar-refractivity contribution in [1.82, 2.24) is 4.98 Å². The molecule has 0 saturated carbocycles. The number of benzene rings is 1. The van der Waals surface area contributed by atoms with Gasteiger partial charge in [0.05, 0.1) is 20.9 Å². The summed E-state index contributed by atoms with van der Waals surface area (Å²) in [6.07, 6.45) is -1.23. The van der Waals surface area contributed by atoms with Crippen molar-refractivity contribution in [3.63, 3.8) is 0 Å². The van der Waals surface area contributed by atoms with Crippen LogP contribution in [0.3, 0.4) is 0 Å². The molecule has 0 radical (unpaired) electrons. The van der Waals surface area contributed by atoms with Gasteiger partial charge in [0.1, 0.15) is 5.00 Å². The first kappa shape index (κ1) is 23.4. The first-order valence-corrected chi connectivity index (χ1v) is 11.5. The molecular weight excluding hydrogens is 476 g/mol. The van der Waals surface area contributed by atoms with Crippen LogP contribution in [0.2, 0.25) is 0 Å². The zero-order valence-electron chi connectivity index (χ0n) is 16.7. The van der Waals surface area contributed by atoms with Gasteiger partial charge in [-0.15, -0.1) is 22.7 Å². The number of thiophene rings is 1. The van der Waals surface area contributed by atoms with Crippen molar-refractivity contribution in [3.8, 4) is 0 Å². The Morgan fingerprint density at radius 3 is 2.66 bits per heavy atom. The van der Waals surface area contributed by atoms with Crippen molar-refractivity contribution < 1.29 is 24.0 Å². The SMILES string of the molecule is Cc1csc(Sc2ccc(C(=O)OC(C)C(=O)Nc3sccc3C(N)=O)cc2[N+](=O)[O-])n1. The number of carbonyl (C=O) groups is 3. The molecule has 2 aromatic heterocycles. The molecular formula is C19H16N4O6S3. The molecule has 0 aliphatic rings. The maximum absolute atomic E-state index is 12.5. The molecule has 2 amide bonds. The molecule has 3 aromatic rings. The fourth-order valence-electron chi connectivity index (χ4n) is 2.44. The van der Waals surface area contributed by atoms with Crippen molar-refractivity contribution in [2.75, 3.05) is 5.32 Å². The Labute approximate surface area is 193 Å². The summed E-state index contributed by atoms with van der Waals surface area (Å²) in [5.74, 6) is -2.29. The van der Waals surface area contributed by atoms with Crippen LogP contribution in [0.5, 0.6) is 0 Å². The summed E-state index contributed by atoms with van der Waals surface area (Å²) in [5.41, 5.74) is 5.83.